The van der Waals surface area contributed by atoms with Crippen LogP contribution in [0.25, 0.3) is 0 Å². The molecule has 0 aliphatic rings. The summed E-state index contributed by atoms with van der Waals surface area (Å²) in [4.78, 5) is 0. The van der Waals surface area contributed by atoms with Crippen LogP contribution in [0.15, 0.2) is 12.4 Å². The van der Waals surface area contributed by atoms with E-state index in [-0.39, 0.29) is 12.4 Å². The Balaban J connectivity index is 2.54. The van der Waals surface area contributed by atoms with Crippen LogP contribution in [0.4, 0.5) is 0 Å². The summed E-state index contributed by atoms with van der Waals surface area (Å²) in [5.41, 5.74) is -0.524. The Hall–Kier alpha value is -1.08. The van der Waals surface area contributed by atoms with Crippen LogP contribution in [0.2, 0.25) is 0 Å². The number of nitrogens with two attached hydrogens (primary N) is 1. The molecule has 0 radical (unpaired) electrons. The quantitative estimate of drug-likeness (QED) is 0.800. The van der Waals surface area contributed by atoms with Crippen molar-refractivity contribution in [2.24, 2.45) is 17.6 Å². The minimum Gasteiger partial charge on any atom is -0.490 e. The average Bonchev–Trinajstić information content (AvgIpc) is 2.44. The van der Waals surface area contributed by atoms with Crippen LogP contribution < -0.4 is 9.88 Å². The monoisotopic (exact) mass is 247 g/mol. The Kier molecular flexibility index (Phi) is 3.59. The summed E-state index contributed by atoms with van der Waals surface area (Å²) in [7, 11) is -1.70. The minimum atomic E-state index is -3.48. The van der Waals surface area contributed by atoms with Crippen molar-refractivity contribution < 1.29 is 13.2 Å². The molecule has 0 saturated carbocycles. The summed E-state index contributed by atoms with van der Waals surface area (Å²) in [5, 5.41) is 8.94. The van der Waals surface area contributed by atoms with Gasteiger partial charge in [-0.2, -0.15) is 5.10 Å². The first kappa shape index (κ1) is 13.0. The average molecular weight is 247 g/mol. The second-order valence-electron chi connectivity index (χ2n) is 4.61. The van der Waals surface area contributed by atoms with Gasteiger partial charge in [-0.25, -0.2) is 13.6 Å². The van der Waals surface area contributed by atoms with Gasteiger partial charge in [0, 0.05) is 12.5 Å². The first-order valence-electron chi connectivity index (χ1n) is 4.80. The molecule has 0 bridgehead atoms. The van der Waals surface area contributed by atoms with Gasteiger partial charge in [-0.1, -0.05) is 13.8 Å². The SMILES string of the molecule is Cn1cc(OCC(C)(C)CS(N)(=O)=O)cn1. The van der Waals surface area contributed by atoms with Gasteiger partial charge < -0.3 is 4.74 Å². The number of hydrogen-bond donors (Lipinski definition) is 1. The molecule has 2 N–H and O–H groups in total. The van der Waals surface area contributed by atoms with E-state index in [1.54, 1.807) is 38.0 Å². The molecule has 1 aromatic heterocycles. The second kappa shape index (κ2) is 4.42. The molecule has 92 valence electrons. The third-order valence-electron chi connectivity index (χ3n) is 1.90. The van der Waals surface area contributed by atoms with Gasteiger partial charge in [-0.05, 0) is 0 Å². The van der Waals surface area contributed by atoms with Gasteiger partial charge in [0.15, 0.2) is 5.75 Å². The molecule has 1 heterocycles. The predicted molar refractivity (Wildman–Crippen MR) is 60.5 cm³/mol. The van der Waals surface area contributed by atoms with Gasteiger partial charge in [0.2, 0.25) is 10.0 Å². The van der Waals surface area contributed by atoms with Gasteiger partial charge in [-0.15, -0.1) is 0 Å². The van der Waals surface area contributed by atoms with E-state index in [2.05, 4.69) is 5.10 Å². The molecular weight excluding hydrogens is 230 g/mol. The van der Waals surface area contributed by atoms with Crippen molar-refractivity contribution in [2.45, 2.75) is 13.8 Å². The van der Waals surface area contributed by atoms with Crippen molar-refractivity contribution in [1.29, 1.82) is 0 Å². The van der Waals surface area contributed by atoms with Crippen LogP contribution in [0.5, 0.6) is 5.75 Å². The third-order valence-corrected chi connectivity index (χ3v) is 3.09. The Morgan fingerprint density at radius 2 is 2.19 bits per heavy atom. The molecule has 7 heteroatoms. The van der Waals surface area contributed by atoms with Crippen molar-refractivity contribution in [3.8, 4) is 5.75 Å². The fourth-order valence-corrected chi connectivity index (χ4v) is 2.51. The lowest BCUT2D eigenvalue weighted by atomic mass is 9.98. The fourth-order valence-electron chi connectivity index (χ4n) is 1.34. The van der Waals surface area contributed by atoms with E-state index in [1.165, 1.54) is 0 Å². The standard InChI is InChI=1S/C9H17N3O3S/c1-9(2,7-16(10,13)14)6-15-8-4-11-12(3)5-8/h4-5H,6-7H2,1-3H3,(H2,10,13,14). The molecule has 0 aliphatic heterocycles. The third kappa shape index (κ3) is 4.63. The van der Waals surface area contributed by atoms with Crippen molar-refractivity contribution in [2.75, 3.05) is 12.4 Å². The number of rotatable bonds is 5. The summed E-state index contributed by atoms with van der Waals surface area (Å²) in [6.07, 6.45) is 3.29. The summed E-state index contributed by atoms with van der Waals surface area (Å²) >= 11 is 0. The minimum absolute atomic E-state index is 0.111. The molecular formula is C9H17N3O3S. The lowest BCUT2D eigenvalue weighted by Gasteiger charge is -2.22. The number of nitrogens with zero attached hydrogens (tertiary/aromatic N) is 2. The molecule has 0 saturated heterocycles. The van der Waals surface area contributed by atoms with Crippen LogP contribution in [-0.4, -0.2) is 30.6 Å². The lowest BCUT2D eigenvalue weighted by molar-refractivity contribution is 0.199. The Labute approximate surface area is 95.4 Å². The molecule has 0 amide bonds. The van der Waals surface area contributed by atoms with Gasteiger partial charge in [0.05, 0.1) is 24.8 Å². The van der Waals surface area contributed by atoms with Gasteiger partial charge in [-0.3, -0.25) is 4.68 Å². The van der Waals surface area contributed by atoms with Crippen LogP contribution >= 0.6 is 0 Å². The highest BCUT2D eigenvalue weighted by Crippen LogP contribution is 2.19. The van der Waals surface area contributed by atoms with Crippen molar-refractivity contribution in [3.63, 3.8) is 0 Å². The largest absolute Gasteiger partial charge is 0.490 e. The zero-order chi connectivity index (χ0) is 12.4. The van der Waals surface area contributed by atoms with Gasteiger partial charge in [0.25, 0.3) is 0 Å². The van der Waals surface area contributed by atoms with Crippen LogP contribution in [0, 0.1) is 5.41 Å². The van der Waals surface area contributed by atoms with Crippen LogP contribution in [-0.2, 0) is 17.1 Å². The number of aromatic nitrogens is 2. The van der Waals surface area contributed by atoms with Crippen molar-refractivity contribution in [1.82, 2.24) is 9.78 Å². The van der Waals surface area contributed by atoms with E-state index in [0.717, 1.165) is 0 Å². The van der Waals surface area contributed by atoms with Gasteiger partial charge >= 0.3 is 0 Å². The smallest absolute Gasteiger partial charge is 0.209 e. The molecule has 6 nitrogen and oxygen atoms in total. The van der Waals surface area contributed by atoms with Crippen molar-refractivity contribution in [3.05, 3.63) is 12.4 Å². The van der Waals surface area contributed by atoms with Crippen LogP contribution in [0.1, 0.15) is 13.8 Å². The fraction of sp³-hybridized carbons (Fsp3) is 0.667. The number of hydrogen-bond acceptors (Lipinski definition) is 4. The summed E-state index contributed by atoms with van der Waals surface area (Å²) in [6, 6.07) is 0. The van der Waals surface area contributed by atoms with E-state index in [9.17, 15) is 8.42 Å². The first-order valence-corrected chi connectivity index (χ1v) is 6.51. The molecule has 0 fully saturated rings. The van der Waals surface area contributed by atoms with E-state index >= 15 is 0 Å². The second-order valence-corrected chi connectivity index (χ2v) is 6.22. The van der Waals surface area contributed by atoms with Crippen molar-refractivity contribution >= 4 is 10.0 Å². The Morgan fingerprint density at radius 3 is 2.62 bits per heavy atom. The molecule has 1 rings (SSSR count). The maximum absolute atomic E-state index is 11.0. The molecule has 0 aromatic carbocycles. The molecule has 16 heavy (non-hydrogen) atoms. The first-order chi connectivity index (χ1) is 7.18. The van der Waals surface area contributed by atoms with Gasteiger partial charge in [0.1, 0.15) is 0 Å². The highest BCUT2D eigenvalue weighted by molar-refractivity contribution is 7.89. The number of ether oxygens (including phenoxy) is 1. The highest BCUT2D eigenvalue weighted by Gasteiger charge is 2.25. The number of aryl methyl sites for hydroxylation is 1. The topological polar surface area (TPSA) is 87.2 Å². The maximum Gasteiger partial charge on any atom is 0.209 e. The predicted octanol–water partition coefficient (Wildman–Crippen LogP) is 0.114. The summed E-state index contributed by atoms with van der Waals surface area (Å²) in [6.45, 7) is 3.84. The highest BCUT2D eigenvalue weighted by atomic mass is 32.2. The zero-order valence-electron chi connectivity index (χ0n) is 9.67. The summed E-state index contributed by atoms with van der Waals surface area (Å²) in [5.74, 6) is 0.505. The molecule has 0 spiro atoms. The van der Waals surface area contributed by atoms with E-state index in [4.69, 9.17) is 9.88 Å². The lowest BCUT2D eigenvalue weighted by Crippen LogP contribution is -2.33. The Morgan fingerprint density at radius 1 is 1.56 bits per heavy atom. The number of primary sulfonamides is 1. The Bertz CT molecular complexity index is 450. The molecule has 0 aliphatic carbocycles. The number of sulfonamides is 1. The zero-order valence-corrected chi connectivity index (χ0v) is 10.5. The summed E-state index contributed by atoms with van der Waals surface area (Å²) < 4.78 is 29.0. The normalized spacial score (nSPS) is 12.8. The van der Waals surface area contributed by atoms with E-state index < -0.39 is 15.4 Å². The molecule has 0 unspecified atom stereocenters. The van der Waals surface area contributed by atoms with E-state index in [1.807, 2.05) is 0 Å². The van der Waals surface area contributed by atoms with Crippen LogP contribution in [0.3, 0.4) is 0 Å². The van der Waals surface area contributed by atoms with E-state index in [0.29, 0.717) is 5.75 Å². The maximum atomic E-state index is 11.0. The molecule has 0 atom stereocenters. The molecule has 1 aromatic rings.